The van der Waals surface area contributed by atoms with Crippen LogP contribution in [0.5, 0.6) is 0 Å². The first-order valence-electron chi connectivity index (χ1n) is 4.09. The van der Waals surface area contributed by atoms with Gasteiger partial charge in [-0.25, -0.2) is 0 Å². The van der Waals surface area contributed by atoms with Crippen LogP contribution in [-0.2, 0) is 7.05 Å². The molecule has 74 valence electrons. The minimum Gasteiger partial charge on any atom is -0.465 e. The van der Waals surface area contributed by atoms with E-state index in [4.69, 9.17) is 4.42 Å². The molecule has 0 aliphatic carbocycles. The summed E-state index contributed by atoms with van der Waals surface area (Å²) in [5.41, 5.74) is 0.572. The highest BCUT2D eigenvalue weighted by molar-refractivity contribution is 9.10. The first-order chi connectivity index (χ1) is 6.68. The SMILES string of the molecule is Cn1ccc(C(O)c2occc2Br)n1. The van der Waals surface area contributed by atoms with Crippen LogP contribution in [0, 0.1) is 0 Å². The maximum Gasteiger partial charge on any atom is 0.156 e. The van der Waals surface area contributed by atoms with E-state index in [2.05, 4.69) is 21.0 Å². The smallest absolute Gasteiger partial charge is 0.156 e. The Bertz CT molecular complexity index is 435. The monoisotopic (exact) mass is 256 g/mol. The zero-order valence-electron chi connectivity index (χ0n) is 7.51. The first-order valence-corrected chi connectivity index (χ1v) is 4.88. The van der Waals surface area contributed by atoms with E-state index < -0.39 is 6.10 Å². The number of rotatable bonds is 2. The molecular formula is C9H9BrN2O2. The summed E-state index contributed by atoms with van der Waals surface area (Å²) in [5, 5.41) is 14.0. The summed E-state index contributed by atoms with van der Waals surface area (Å²) in [6.07, 6.45) is 2.47. The normalized spacial score (nSPS) is 13.1. The average Bonchev–Trinajstić information content (AvgIpc) is 2.73. The maximum absolute atomic E-state index is 9.88. The molecule has 5 heteroatoms. The number of aliphatic hydroxyl groups is 1. The second kappa shape index (κ2) is 3.59. The van der Waals surface area contributed by atoms with Crippen molar-refractivity contribution in [3.05, 3.63) is 40.5 Å². The van der Waals surface area contributed by atoms with Gasteiger partial charge in [0.2, 0.25) is 0 Å². The van der Waals surface area contributed by atoms with Crippen molar-refractivity contribution in [1.82, 2.24) is 9.78 Å². The summed E-state index contributed by atoms with van der Waals surface area (Å²) in [5.74, 6) is 0.476. The van der Waals surface area contributed by atoms with E-state index in [0.717, 1.165) is 4.47 Å². The van der Waals surface area contributed by atoms with E-state index in [1.54, 1.807) is 30.1 Å². The molecule has 2 heterocycles. The van der Waals surface area contributed by atoms with E-state index in [-0.39, 0.29) is 0 Å². The van der Waals surface area contributed by atoms with Crippen molar-refractivity contribution in [1.29, 1.82) is 0 Å². The summed E-state index contributed by atoms with van der Waals surface area (Å²) in [4.78, 5) is 0. The lowest BCUT2D eigenvalue weighted by Gasteiger charge is -2.04. The Kier molecular flexibility index (Phi) is 2.43. The van der Waals surface area contributed by atoms with Crippen LogP contribution in [0.2, 0.25) is 0 Å². The number of aromatic nitrogens is 2. The summed E-state index contributed by atoms with van der Waals surface area (Å²) in [7, 11) is 1.80. The topological polar surface area (TPSA) is 51.2 Å². The predicted molar refractivity (Wildman–Crippen MR) is 53.7 cm³/mol. The molecule has 0 saturated carbocycles. The van der Waals surface area contributed by atoms with Crippen LogP contribution in [0.3, 0.4) is 0 Å². The second-order valence-electron chi connectivity index (χ2n) is 2.95. The molecule has 2 rings (SSSR count). The van der Waals surface area contributed by atoms with Gasteiger partial charge in [0.1, 0.15) is 0 Å². The van der Waals surface area contributed by atoms with Gasteiger partial charge >= 0.3 is 0 Å². The molecule has 1 N–H and O–H groups in total. The van der Waals surface area contributed by atoms with Gasteiger partial charge in [-0.3, -0.25) is 4.68 Å². The largest absolute Gasteiger partial charge is 0.465 e. The van der Waals surface area contributed by atoms with Crippen LogP contribution in [0.4, 0.5) is 0 Å². The van der Waals surface area contributed by atoms with Gasteiger partial charge < -0.3 is 9.52 Å². The molecule has 14 heavy (non-hydrogen) atoms. The number of halogens is 1. The Balaban J connectivity index is 2.33. The summed E-state index contributed by atoms with van der Waals surface area (Å²) in [6.45, 7) is 0. The molecule has 0 radical (unpaired) electrons. The second-order valence-corrected chi connectivity index (χ2v) is 3.80. The summed E-state index contributed by atoms with van der Waals surface area (Å²) >= 11 is 3.28. The molecule has 2 aromatic rings. The molecule has 0 fully saturated rings. The number of furan rings is 1. The Labute approximate surface area is 89.3 Å². The van der Waals surface area contributed by atoms with E-state index in [9.17, 15) is 5.11 Å². The third-order valence-electron chi connectivity index (χ3n) is 1.91. The molecule has 0 aliphatic rings. The van der Waals surface area contributed by atoms with Crippen molar-refractivity contribution in [3.8, 4) is 0 Å². The quantitative estimate of drug-likeness (QED) is 0.893. The van der Waals surface area contributed by atoms with Gasteiger partial charge in [-0.15, -0.1) is 0 Å². The number of hydrogen-bond acceptors (Lipinski definition) is 3. The highest BCUT2D eigenvalue weighted by Crippen LogP contribution is 2.28. The molecule has 1 unspecified atom stereocenters. The molecule has 2 aromatic heterocycles. The fourth-order valence-electron chi connectivity index (χ4n) is 1.21. The van der Waals surface area contributed by atoms with Crippen LogP contribution in [0.1, 0.15) is 17.6 Å². The molecule has 0 aromatic carbocycles. The van der Waals surface area contributed by atoms with E-state index in [1.165, 1.54) is 6.26 Å². The molecule has 0 aliphatic heterocycles. The minimum absolute atomic E-state index is 0.476. The molecule has 4 nitrogen and oxygen atoms in total. The molecular weight excluding hydrogens is 248 g/mol. The van der Waals surface area contributed by atoms with Gasteiger partial charge in [-0.1, -0.05) is 0 Å². The average molecular weight is 257 g/mol. The van der Waals surface area contributed by atoms with Crippen molar-refractivity contribution in [2.45, 2.75) is 6.10 Å². The fraction of sp³-hybridized carbons (Fsp3) is 0.222. The van der Waals surface area contributed by atoms with Crippen molar-refractivity contribution < 1.29 is 9.52 Å². The zero-order chi connectivity index (χ0) is 10.1. The van der Waals surface area contributed by atoms with Gasteiger partial charge in [0.05, 0.1) is 16.4 Å². The molecule has 0 spiro atoms. The molecule has 1 atom stereocenters. The first kappa shape index (κ1) is 9.48. The third kappa shape index (κ3) is 1.60. The maximum atomic E-state index is 9.88. The van der Waals surface area contributed by atoms with Crippen LogP contribution in [-0.4, -0.2) is 14.9 Å². The molecule has 0 bridgehead atoms. The number of nitrogens with zero attached hydrogens (tertiary/aromatic N) is 2. The number of hydrogen-bond donors (Lipinski definition) is 1. The predicted octanol–water partition coefficient (Wildman–Crippen LogP) is 1.86. The van der Waals surface area contributed by atoms with E-state index in [1.807, 2.05) is 0 Å². The van der Waals surface area contributed by atoms with Crippen molar-refractivity contribution in [3.63, 3.8) is 0 Å². The van der Waals surface area contributed by atoms with Crippen LogP contribution in [0.15, 0.2) is 33.5 Å². The lowest BCUT2D eigenvalue weighted by atomic mass is 10.2. The fourth-order valence-corrected chi connectivity index (χ4v) is 1.63. The van der Waals surface area contributed by atoms with Crippen molar-refractivity contribution >= 4 is 15.9 Å². The van der Waals surface area contributed by atoms with Gasteiger partial charge in [0.15, 0.2) is 11.9 Å². The molecule has 0 amide bonds. The molecule has 0 saturated heterocycles. The van der Waals surface area contributed by atoms with Crippen LogP contribution < -0.4 is 0 Å². The van der Waals surface area contributed by atoms with Gasteiger partial charge in [0, 0.05) is 13.2 Å². The van der Waals surface area contributed by atoms with Crippen molar-refractivity contribution in [2.24, 2.45) is 7.05 Å². The lowest BCUT2D eigenvalue weighted by molar-refractivity contribution is 0.183. The summed E-state index contributed by atoms with van der Waals surface area (Å²) < 4.78 is 7.52. The Morgan fingerprint density at radius 1 is 1.57 bits per heavy atom. The number of aryl methyl sites for hydroxylation is 1. The zero-order valence-corrected chi connectivity index (χ0v) is 9.10. The number of aliphatic hydroxyl groups excluding tert-OH is 1. The lowest BCUT2D eigenvalue weighted by Crippen LogP contribution is -2.01. The standard InChI is InChI=1S/C9H9BrN2O2/c1-12-4-2-7(11-12)8(13)9-6(10)3-5-14-9/h2-5,8,13H,1H3. The summed E-state index contributed by atoms with van der Waals surface area (Å²) in [6, 6.07) is 3.49. The third-order valence-corrected chi connectivity index (χ3v) is 2.56. The van der Waals surface area contributed by atoms with Crippen LogP contribution >= 0.6 is 15.9 Å². The Morgan fingerprint density at radius 2 is 2.36 bits per heavy atom. The minimum atomic E-state index is -0.819. The van der Waals surface area contributed by atoms with E-state index >= 15 is 0 Å². The Hall–Kier alpha value is -1.07. The highest BCUT2D eigenvalue weighted by atomic mass is 79.9. The van der Waals surface area contributed by atoms with Crippen molar-refractivity contribution in [2.75, 3.05) is 0 Å². The van der Waals surface area contributed by atoms with E-state index in [0.29, 0.717) is 11.5 Å². The highest BCUT2D eigenvalue weighted by Gasteiger charge is 2.18. The van der Waals surface area contributed by atoms with Gasteiger partial charge in [-0.05, 0) is 28.1 Å². The van der Waals surface area contributed by atoms with Gasteiger partial charge in [-0.2, -0.15) is 5.10 Å². The Morgan fingerprint density at radius 3 is 2.86 bits per heavy atom. The van der Waals surface area contributed by atoms with Crippen LogP contribution in [0.25, 0.3) is 0 Å². The van der Waals surface area contributed by atoms with Gasteiger partial charge in [0.25, 0.3) is 0 Å².